The molecule has 25 heavy (non-hydrogen) atoms. The first-order valence-corrected chi connectivity index (χ1v) is 8.39. The van der Waals surface area contributed by atoms with Crippen LogP contribution in [0, 0.1) is 6.92 Å². The fourth-order valence-corrected chi connectivity index (χ4v) is 3.13. The monoisotopic (exact) mass is 344 g/mol. The highest BCUT2D eigenvalue weighted by atomic mass is 16.5. The number of aryl methyl sites for hydroxylation is 1. The van der Waals surface area contributed by atoms with Crippen molar-refractivity contribution in [2.75, 3.05) is 40.4 Å². The highest BCUT2D eigenvalue weighted by molar-refractivity contribution is 5.95. The van der Waals surface area contributed by atoms with Gasteiger partial charge in [-0.2, -0.15) is 0 Å². The maximum Gasteiger partial charge on any atom is 0.257 e. The predicted octanol–water partition coefficient (Wildman–Crippen LogP) is 2.56. The summed E-state index contributed by atoms with van der Waals surface area (Å²) in [5, 5.41) is 0. The number of furan rings is 1. The summed E-state index contributed by atoms with van der Waals surface area (Å²) in [6, 6.07) is 7.57. The third-order valence-electron chi connectivity index (χ3n) is 4.63. The molecule has 1 aromatic carbocycles. The maximum absolute atomic E-state index is 12.5. The average Bonchev–Trinajstić information content (AvgIpc) is 3.07. The molecule has 1 aliphatic heterocycles. The van der Waals surface area contributed by atoms with Crippen LogP contribution in [0.3, 0.4) is 0 Å². The third-order valence-corrected chi connectivity index (χ3v) is 4.63. The quantitative estimate of drug-likeness (QED) is 0.834. The molecular formula is C19H24N2O4. The summed E-state index contributed by atoms with van der Waals surface area (Å²) >= 11 is 0. The normalized spacial score (nSPS) is 15.2. The lowest BCUT2D eigenvalue weighted by Gasteiger charge is -2.35. The van der Waals surface area contributed by atoms with Crippen molar-refractivity contribution in [3.8, 4) is 11.5 Å². The fraction of sp³-hybridized carbons (Fsp3) is 0.421. The molecule has 0 aliphatic carbocycles. The van der Waals surface area contributed by atoms with Crippen LogP contribution in [0.15, 0.2) is 34.9 Å². The summed E-state index contributed by atoms with van der Waals surface area (Å²) in [5.41, 5.74) is 1.75. The molecule has 2 aromatic rings. The summed E-state index contributed by atoms with van der Waals surface area (Å²) in [5.74, 6) is 2.40. The van der Waals surface area contributed by atoms with E-state index in [1.54, 1.807) is 26.5 Å². The van der Waals surface area contributed by atoms with Crippen LogP contribution >= 0.6 is 0 Å². The van der Waals surface area contributed by atoms with Crippen molar-refractivity contribution in [2.24, 2.45) is 0 Å². The Labute approximate surface area is 147 Å². The number of rotatable bonds is 5. The van der Waals surface area contributed by atoms with E-state index in [4.69, 9.17) is 13.9 Å². The second-order valence-electron chi connectivity index (χ2n) is 6.14. The Bertz CT molecular complexity index is 733. The predicted molar refractivity (Wildman–Crippen MR) is 94.2 cm³/mol. The lowest BCUT2D eigenvalue weighted by atomic mass is 10.1. The molecule has 1 saturated heterocycles. The largest absolute Gasteiger partial charge is 0.497 e. The van der Waals surface area contributed by atoms with Crippen LogP contribution in [-0.2, 0) is 6.54 Å². The number of carbonyl (C=O) groups is 1. The van der Waals surface area contributed by atoms with Crippen LogP contribution in [0.25, 0.3) is 0 Å². The summed E-state index contributed by atoms with van der Waals surface area (Å²) < 4.78 is 16.0. The van der Waals surface area contributed by atoms with Gasteiger partial charge in [-0.1, -0.05) is 0 Å². The molecule has 6 heteroatoms. The standard InChI is InChI=1S/C19H24N2O4/c1-14-17(6-11-25-14)19(22)21-9-7-20(8-10-21)13-15-12-16(23-2)4-5-18(15)24-3/h4-6,11-12H,7-10,13H2,1-3H3. The van der Waals surface area contributed by atoms with Crippen LogP contribution in [-0.4, -0.2) is 56.1 Å². The van der Waals surface area contributed by atoms with Crippen molar-refractivity contribution >= 4 is 5.91 Å². The Hall–Kier alpha value is -2.47. The van der Waals surface area contributed by atoms with Gasteiger partial charge in [-0.05, 0) is 31.2 Å². The minimum absolute atomic E-state index is 0.0462. The summed E-state index contributed by atoms with van der Waals surface area (Å²) in [7, 11) is 3.34. The van der Waals surface area contributed by atoms with E-state index >= 15 is 0 Å². The van der Waals surface area contributed by atoms with Crippen molar-refractivity contribution in [2.45, 2.75) is 13.5 Å². The van der Waals surface area contributed by atoms with Crippen molar-refractivity contribution < 1.29 is 18.7 Å². The number of methoxy groups -OCH3 is 2. The lowest BCUT2D eigenvalue weighted by Crippen LogP contribution is -2.48. The number of hydrogen-bond acceptors (Lipinski definition) is 5. The summed E-state index contributed by atoms with van der Waals surface area (Å²) in [6.45, 7) is 5.64. The molecule has 1 aliphatic rings. The van der Waals surface area contributed by atoms with Crippen molar-refractivity contribution in [3.63, 3.8) is 0 Å². The third kappa shape index (κ3) is 3.79. The zero-order valence-electron chi connectivity index (χ0n) is 14.9. The van der Waals surface area contributed by atoms with Crippen molar-refractivity contribution in [3.05, 3.63) is 47.4 Å². The van der Waals surface area contributed by atoms with Gasteiger partial charge >= 0.3 is 0 Å². The number of benzene rings is 1. The number of hydrogen-bond donors (Lipinski definition) is 0. The second-order valence-corrected chi connectivity index (χ2v) is 6.14. The van der Waals surface area contributed by atoms with Crippen LogP contribution in [0.1, 0.15) is 21.7 Å². The molecule has 0 N–H and O–H groups in total. The van der Waals surface area contributed by atoms with Gasteiger partial charge in [-0.25, -0.2) is 0 Å². The van der Waals surface area contributed by atoms with Gasteiger partial charge < -0.3 is 18.8 Å². The smallest absolute Gasteiger partial charge is 0.257 e. The minimum Gasteiger partial charge on any atom is -0.497 e. The van der Waals surface area contributed by atoms with Gasteiger partial charge in [0.25, 0.3) is 5.91 Å². The maximum atomic E-state index is 12.5. The summed E-state index contributed by atoms with van der Waals surface area (Å²) in [6.07, 6.45) is 1.56. The Kier molecular flexibility index (Phi) is 5.28. The molecule has 1 fully saturated rings. The summed E-state index contributed by atoms with van der Waals surface area (Å²) in [4.78, 5) is 16.8. The second kappa shape index (κ2) is 7.61. The first-order valence-electron chi connectivity index (χ1n) is 8.39. The van der Waals surface area contributed by atoms with E-state index in [2.05, 4.69) is 4.90 Å². The number of nitrogens with zero attached hydrogens (tertiary/aromatic N) is 2. The van der Waals surface area contributed by atoms with Gasteiger partial charge in [-0.3, -0.25) is 9.69 Å². The molecule has 1 amide bonds. The molecule has 0 unspecified atom stereocenters. The Balaban J connectivity index is 1.61. The molecule has 0 radical (unpaired) electrons. The molecule has 134 valence electrons. The van der Waals surface area contributed by atoms with Crippen molar-refractivity contribution in [1.82, 2.24) is 9.80 Å². The number of ether oxygens (including phenoxy) is 2. The van der Waals surface area contributed by atoms with Gasteiger partial charge in [0.05, 0.1) is 26.0 Å². The zero-order valence-corrected chi connectivity index (χ0v) is 14.9. The zero-order chi connectivity index (χ0) is 17.8. The van der Waals surface area contributed by atoms with Crippen LogP contribution < -0.4 is 9.47 Å². The van der Waals surface area contributed by atoms with Crippen LogP contribution in [0.5, 0.6) is 11.5 Å². The first kappa shape index (κ1) is 17.4. The highest BCUT2D eigenvalue weighted by Gasteiger charge is 2.24. The van der Waals surface area contributed by atoms with E-state index in [1.807, 2.05) is 30.0 Å². The van der Waals surface area contributed by atoms with Crippen molar-refractivity contribution in [1.29, 1.82) is 0 Å². The van der Waals surface area contributed by atoms with Crippen LogP contribution in [0.2, 0.25) is 0 Å². The Morgan fingerprint density at radius 2 is 1.88 bits per heavy atom. The van der Waals surface area contributed by atoms with Gasteiger partial charge in [0, 0.05) is 38.3 Å². The highest BCUT2D eigenvalue weighted by Crippen LogP contribution is 2.25. The van der Waals surface area contributed by atoms with E-state index in [-0.39, 0.29) is 5.91 Å². The SMILES string of the molecule is COc1ccc(OC)c(CN2CCN(C(=O)c3ccoc3C)CC2)c1. The van der Waals surface area contributed by atoms with E-state index in [9.17, 15) is 4.79 Å². The average molecular weight is 344 g/mol. The molecule has 1 aromatic heterocycles. The molecule has 0 atom stereocenters. The Morgan fingerprint density at radius 3 is 2.48 bits per heavy atom. The molecule has 2 heterocycles. The lowest BCUT2D eigenvalue weighted by molar-refractivity contribution is 0.0625. The molecule has 0 spiro atoms. The van der Waals surface area contributed by atoms with E-state index < -0.39 is 0 Å². The van der Waals surface area contributed by atoms with E-state index in [0.717, 1.165) is 36.7 Å². The molecule has 3 rings (SSSR count). The van der Waals surface area contributed by atoms with Gasteiger partial charge in [0.2, 0.25) is 0 Å². The first-order chi connectivity index (χ1) is 12.1. The number of carbonyl (C=O) groups excluding carboxylic acids is 1. The minimum atomic E-state index is 0.0462. The topological polar surface area (TPSA) is 55.2 Å². The number of piperazine rings is 1. The van der Waals surface area contributed by atoms with Gasteiger partial charge in [0.15, 0.2) is 0 Å². The Morgan fingerprint density at radius 1 is 1.12 bits per heavy atom. The van der Waals surface area contributed by atoms with E-state index in [0.29, 0.717) is 24.4 Å². The fourth-order valence-electron chi connectivity index (χ4n) is 3.13. The van der Waals surface area contributed by atoms with E-state index in [1.165, 1.54) is 0 Å². The molecule has 6 nitrogen and oxygen atoms in total. The van der Waals surface area contributed by atoms with Gasteiger partial charge in [-0.15, -0.1) is 0 Å². The molecule has 0 bridgehead atoms. The molecule has 0 saturated carbocycles. The van der Waals surface area contributed by atoms with Crippen LogP contribution in [0.4, 0.5) is 0 Å². The number of amides is 1. The van der Waals surface area contributed by atoms with Gasteiger partial charge in [0.1, 0.15) is 17.3 Å². The molecular weight excluding hydrogens is 320 g/mol.